The van der Waals surface area contributed by atoms with Crippen LogP contribution in [-0.2, 0) is 0 Å². The summed E-state index contributed by atoms with van der Waals surface area (Å²) >= 11 is 5.07. The van der Waals surface area contributed by atoms with Gasteiger partial charge in [-0.05, 0) is 18.2 Å². The summed E-state index contributed by atoms with van der Waals surface area (Å²) in [5.41, 5.74) is 9.78. The molecule has 0 atom stereocenters. The number of nitrogens with zero attached hydrogens (tertiary/aromatic N) is 1. The van der Waals surface area contributed by atoms with E-state index in [2.05, 4.69) is 33.0 Å². The standard InChI is InChI=1S/C15H11BrN2S/c16-11-7-5-10(6-8-11)15-18-14(9-19-15)12-3-1-2-4-13(12)17/h1-9H,17H2. The third kappa shape index (κ3) is 2.55. The lowest BCUT2D eigenvalue weighted by Crippen LogP contribution is -1.89. The first kappa shape index (κ1) is 12.4. The number of nitrogens with two attached hydrogens (primary N) is 1. The Morgan fingerprint density at radius 2 is 1.74 bits per heavy atom. The number of para-hydroxylation sites is 1. The molecule has 0 aliphatic heterocycles. The molecule has 3 aromatic rings. The predicted octanol–water partition coefficient (Wildman–Crippen LogP) is 4.82. The summed E-state index contributed by atoms with van der Waals surface area (Å²) in [6.07, 6.45) is 0. The van der Waals surface area contributed by atoms with Gasteiger partial charge in [0.15, 0.2) is 0 Å². The number of rotatable bonds is 2. The molecule has 2 aromatic carbocycles. The average Bonchev–Trinajstić information content (AvgIpc) is 2.89. The second kappa shape index (κ2) is 5.15. The van der Waals surface area contributed by atoms with Crippen molar-refractivity contribution in [1.29, 1.82) is 0 Å². The van der Waals surface area contributed by atoms with Crippen molar-refractivity contribution in [2.75, 3.05) is 5.73 Å². The SMILES string of the molecule is Nc1ccccc1-c1csc(-c2ccc(Br)cc2)n1. The molecule has 0 aliphatic carbocycles. The molecule has 4 heteroatoms. The highest BCUT2D eigenvalue weighted by atomic mass is 79.9. The second-order valence-corrected chi connectivity index (χ2v) is 5.91. The van der Waals surface area contributed by atoms with E-state index >= 15 is 0 Å². The minimum Gasteiger partial charge on any atom is -0.398 e. The van der Waals surface area contributed by atoms with Crippen molar-refractivity contribution in [2.45, 2.75) is 0 Å². The first-order chi connectivity index (χ1) is 9.24. The monoisotopic (exact) mass is 330 g/mol. The molecule has 0 fully saturated rings. The maximum absolute atomic E-state index is 5.98. The molecule has 94 valence electrons. The lowest BCUT2D eigenvalue weighted by Gasteiger charge is -2.01. The number of halogens is 1. The molecule has 0 spiro atoms. The molecule has 19 heavy (non-hydrogen) atoms. The fourth-order valence-corrected chi connectivity index (χ4v) is 2.94. The van der Waals surface area contributed by atoms with Gasteiger partial charge in [-0.3, -0.25) is 0 Å². The smallest absolute Gasteiger partial charge is 0.124 e. The Kier molecular flexibility index (Phi) is 3.36. The van der Waals surface area contributed by atoms with E-state index in [1.165, 1.54) is 0 Å². The maximum atomic E-state index is 5.98. The van der Waals surface area contributed by atoms with Crippen LogP contribution in [0.5, 0.6) is 0 Å². The van der Waals surface area contributed by atoms with Crippen LogP contribution in [0, 0.1) is 0 Å². The van der Waals surface area contributed by atoms with Crippen molar-refractivity contribution >= 4 is 33.0 Å². The van der Waals surface area contributed by atoms with Crippen LogP contribution in [-0.4, -0.2) is 4.98 Å². The summed E-state index contributed by atoms with van der Waals surface area (Å²) in [6.45, 7) is 0. The molecule has 3 rings (SSSR count). The van der Waals surface area contributed by atoms with Gasteiger partial charge in [0.05, 0.1) is 5.69 Å². The molecular weight excluding hydrogens is 320 g/mol. The third-order valence-corrected chi connectivity index (χ3v) is 4.25. The van der Waals surface area contributed by atoms with Gasteiger partial charge in [-0.25, -0.2) is 4.98 Å². The Morgan fingerprint density at radius 3 is 2.47 bits per heavy atom. The summed E-state index contributed by atoms with van der Waals surface area (Å²) in [7, 11) is 0. The molecule has 0 saturated carbocycles. The van der Waals surface area contributed by atoms with E-state index in [0.29, 0.717) is 0 Å². The van der Waals surface area contributed by atoms with Crippen LogP contribution < -0.4 is 5.73 Å². The van der Waals surface area contributed by atoms with Gasteiger partial charge in [0.2, 0.25) is 0 Å². The number of nitrogen functional groups attached to an aromatic ring is 1. The Morgan fingerprint density at radius 1 is 1.00 bits per heavy atom. The number of benzene rings is 2. The average molecular weight is 331 g/mol. The molecule has 2 N–H and O–H groups in total. The van der Waals surface area contributed by atoms with E-state index in [0.717, 1.165) is 32.0 Å². The molecule has 0 unspecified atom stereocenters. The lowest BCUT2D eigenvalue weighted by atomic mass is 10.1. The second-order valence-electron chi connectivity index (χ2n) is 4.13. The topological polar surface area (TPSA) is 38.9 Å². The van der Waals surface area contributed by atoms with Crippen LogP contribution in [0.4, 0.5) is 5.69 Å². The number of thiazole rings is 1. The summed E-state index contributed by atoms with van der Waals surface area (Å²) in [6, 6.07) is 16.0. The zero-order valence-electron chi connectivity index (χ0n) is 10.0. The Bertz CT molecular complexity index is 704. The van der Waals surface area contributed by atoms with Crippen molar-refractivity contribution in [3.05, 3.63) is 58.4 Å². The first-order valence-electron chi connectivity index (χ1n) is 5.80. The van der Waals surface area contributed by atoms with Gasteiger partial charge in [-0.2, -0.15) is 0 Å². The van der Waals surface area contributed by atoms with E-state index < -0.39 is 0 Å². The molecule has 1 aromatic heterocycles. The summed E-state index contributed by atoms with van der Waals surface area (Å²) in [5.74, 6) is 0. The Hall–Kier alpha value is -1.65. The van der Waals surface area contributed by atoms with Crippen LogP contribution in [0.1, 0.15) is 0 Å². The van der Waals surface area contributed by atoms with Crippen molar-refractivity contribution in [1.82, 2.24) is 4.98 Å². The van der Waals surface area contributed by atoms with E-state index in [1.807, 2.05) is 41.8 Å². The zero-order valence-corrected chi connectivity index (χ0v) is 12.4. The largest absolute Gasteiger partial charge is 0.398 e. The fourth-order valence-electron chi connectivity index (χ4n) is 1.85. The summed E-state index contributed by atoms with van der Waals surface area (Å²) in [5, 5.41) is 3.05. The molecule has 0 bridgehead atoms. The van der Waals surface area contributed by atoms with Gasteiger partial charge in [0.25, 0.3) is 0 Å². The zero-order chi connectivity index (χ0) is 13.2. The van der Waals surface area contributed by atoms with Gasteiger partial charge in [0.1, 0.15) is 5.01 Å². The molecule has 0 radical (unpaired) electrons. The first-order valence-corrected chi connectivity index (χ1v) is 7.47. The number of aromatic nitrogens is 1. The predicted molar refractivity (Wildman–Crippen MR) is 85.1 cm³/mol. The van der Waals surface area contributed by atoms with E-state index in [4.69, 9.17) is 5.73 Å². The highest BCUT2D eigenvalue weighted by molar-refractivity contribution is 9.10. The van der Waals surface area contributed by atoms with Crippen LogP contribution in [0.25, 0.3) is 21.8 Å². The lowest BCUT2D eigenvalue weighted by molar-refractivity contribution is 1.40. The van der Waals surface area contributed by atoms with E-state index in [-0.39, 0.29) is 0 Å². The van der Waals surface area contributed by atoms with Gasteiger partial charge < -0.3 is 5.73 Å². The van der Waals surface area contributed by atoms with Gasteiger partial charge in [0, 0.05) is 26.7 Å². The minimum absolute atomic E-state index is 0.759. The molecular formula is C15H11BrN2S. The summed E-state index contributed by atoms with van der Waals surface area (Å²) in [4.78, 5) is 4.66. The third-order valence-electron chi connectivity index (χ3n) is 2.83. The van der Waals surface area contributed by atoms with Gasteiger partial charge >= 0.3 is 0 Å². The minimum atomic E-state index is 0.759. The highest BCUT2D eigenvalue weighted by Gasteiger charge is 2.08. The number of anilines is 1. The molecule has 0 aliphatic rings. The van der Waals surface area contributed by atoms with Gasteiger partial charge in [-0.15, -0.1) is 11.3 Å². The van der Waals surface area contributed by atoms with Crippen molar-refractivity contribution in [2.24, 2.45) is 0 Å². The number of hydrogen-bond donors (Lipinski definition) is 1. The van der Waals surface area contributed by atoms with Crippen LogP contribution >= 0.6 is 27.3 Å². The molecule has 0 amide bonds. The molecule has 2 nitrogen and oxygen atoms in total. The van der Waals surface area contributed by atoms with Crippen LogP contribution in [0.2, 0.25) is 0 Å². The maximum Gasteiger partial charge on any atom is 0.124 e. The Labute approximate surface area is 124 Å². The Balaban J connectivity index is 2.00. The summed E-state index contributed by atoms with van der Waals surface area (Å²) < 4.78 is 1.07. The van der Waals surface area contributed by atoms with E-state index in [1.54, 1.807) is 11.3 Å². The molecule has 1 heterocycles. The fraction of sp³-hybridized carbons (Fsp3) is 0. The quantitative estimate of drug-likeness (QED) is 0.684. The van der Waals surface area contributed by atoms with Gasteiger partial charge in [-0.1, -0.05) is 46.3 Å². The number of hydrogen-bond acceptors (Lipinski definition) is 3. The normalized spacial score (nSPS) is 10.6. The van der Waals surface area contributed by atoms with E-state index in [9.17, 15) is 0 Å². The van der Waals surface area contributed by atoms with Crippen molar-refractivity contribution in [3.63, 3.8) is 0 Å². The van der Waals surface area contributed by atoms with Crippen molar-refractivity contribution in [3.8, 4) is 21.8 Å². The van der Waals surface area contributed by atoms with Crippen LogP contribution in [0.15, 0.2) is 58.4 Å². The molecule has 0 saturated heterocycles. The van der Waals surface area contributed by atoms with Crippen molar-refractivity contribution < 1.29 is 0 Å². The van der Waals surface area contributed by atoms with Crippen LogP contribution in [0.3, 0.4) is 0 Å². The highest BCUT2D eigenvalue weighted by Crippen LogP contribution is 2.31.